The van der Waals surface area contributed by atoms with Gasteiger partial charge in [-0.25, -0.2) is 4.79 Å². The van der Waals surface area contributed by atoms with Crippen molar-refractivity contribution in [2.75, 3.05) is 19.4 Å². The Morgan fingerprint density at radius 1 is 1.53 bits per heavy atom. The van der Waals surface area contributed by atoms with Gasteiger partial charge in [-0.2, -0.15) is 0 Å². The van der Waals surface area contributed by atoms with E-state index in [1.807, 2.05) is 20.8 Å². The maximum Gasteiger partial charge on any atom is 0.349 e. The van der Waals surface area contributed by atoms with E-state index in [4.69, 9.17) is 4.74 Å². The van der Waals surface area contributed by atoms with Gasteiger partial charge in [0.2, 0.25) is 0 Å². The number of ether oxygens (including phenoxy) is 1. The molecule has 3 nitrogen and oxygen atoms in total. The minimum Gasteiger partial charge on any atom is -0.465 e. The fourth-order valence-corrected chi connectivity index (χ4v) is 3.66. The van der Waals surface area contributed by atoms with Crippen LogP contribution in [0.5, 0.6) is 0 Å². The average molecular weight is 301 g/mol. The maximum absolute atomic E-state index is 11.6. The SMILES string of the molecule is CC.COC(=O)c1sc(C)cc1SCCNC1CC1. The first-order chi connectivity index (χ1) is 9.20. The summed E-state index contributed by atoms with van der Waals surface area (Å²) in [5, 5.41) is 3.46. The smallest absolute Gasteiger partial charge is 0.349 e. The number of methoxy groups -OCH3 is 1. The van der Waals surface area contributed by atoms with Crippen molar-refractivity contribution in [2.24, 2.45) is 0 Å². The lowest BCUT2D eigenvalue weighted by molar-refractivity contribution is 0.0603. The summed E-state index contributed by atoms with van der Waals surface area (Å²) >= 11 is 3.24. The molecule has 0 saturated heterocycles. The Morgan fingerprint density at radius 2 is 2.21 bits per heavy atom. The molecule has 1 heterocycles. The zero-order valence-electron chi connectivity index (χ0n) is 12.1. The fraction of sp³-hybridized carbons (Fsp3) is 0.643. The Kier molecular flexibility index (Phi) is 7.49. The zero-order valence-corrected chi connectivity index (χ0v) is 13.7. The Balaban J connectivity index is 0.000000861. The molecule has 1 aliphatic carbocycles. The summed E-state index contributed by atoms with van der Waals surface area (Å²) in [5.74, 6) is 0.775. The number of carbonyl (C=O) groups is 1. The molecule has 5 heteroatoms. The van der Waals surface area contributed by atoms with Crippen LogP contribution < -0.4 is 5.32 Å². The van der Waals surface area contributed by atoms with Crippen LogP contribution in [0.3, 0.4) is 0 Å². The van der Waals surface area contributed by atoms with E-state index in [0.29, 0.717) is 0 Å². The van der Waals surface area contributed by atoms with Crippen LogP contribution >= 0.6 is 23.1 Å². The summed E-state index contributed by atoms with van der Waals surface area (Å²) in [7, 11) is 1.43. The van der Waals surface area contributed by atoms with Crippen molar-refractivity contribution in [3.8, 4) is 0 Å². The molecular formula is C14H23NO2S2. The van der Waals surface area contributed by atoms with Gasteiger partial charge in [-0.05, 0) is 25.8 Å². The minimum atomic E-state index is -0.222. The van der Waals surface area contributed by atoms with Gasteiger partial charge < -0.3 is 10.1 Å². The van der Waals surface area contributed by atoms with E-state index in [9.17, 15) is 4.79 Å². The Labute approximate surface area is 124 Å². The molecule has 2 rings (SSSR count). The quantitative estimate of drug-likeness (QED) is 0.494. The molecule has 1 saturated carbocycles. The number of thiophene rings is 1. The van der Waals surface area contributed by atoms with Crippen molar-refractivity contribution in [1.29, 1.82) is 0 Å². The predicted octanol–water partition coefficient (Wildman–Crippen LogP) is 3.71. The molecule has 0 amide bonds. The van der Waals surface area contributed by atoms with Crippen LogP contribution in [0.2, 0.25) is 0 Å². The van der Waals surface area contributed by atoms with Gasteiger partial charge >= 0.3 is 5.97 Å². The lowest BCUT2D eigenvalue weighted by atomic mass is 10.4. The second-order valence-electron chi connectivity index (χ2n) is 4.12. The van der Waals surface area contributed by atoms with Gasteiger partial charge in [-0.3, -0.25) is 0 Å². The highest BCUT2D eigenvalue weighted by atomic mass is 32.2. The minimum absolute atomic E-state index is 0.222. The molecule has 0 radical (unpaired) electrons. The van der Waals surface area contributed by atoms with Gasteiger partial charge in [0, 0.05) is 28.1 Å². The molecule has 1 fully saturated rings. The van der Waals surface area contributed by atoms with Crippen LogP contribution in [0.4, 0.5) is 0 Å². The van der Waals surface area contributed by atoms with E-state index in [-0.39, 0.29) is 5.97 Å². The highest BCUT2D eigenvalue weighted by molar-refractivity contribution is 7.99. The van der Waals surface area contributed by atoms with Crippen LogP contribution in [-0.2, 0) is 4.74 Å². The van der Waals surface area contributed by atoms with Crippen LogP contribution in [0, 0.1) is 6.92 Å². The van der Waals surface area contributed by atoms with Gasteiger partial charge in [0.15, 0.2) is 0 Å². The standard InChI is InChI=1S/C12H17NO2S2.C2H6/c1-8-7-10(11(17-8)12(14)15-2)16-6-5-13-9-3-4-9;1-2/h7,9,13H,3-6H2,1-2H3;1-2H3. The number of rotatable bonds is 6. The Hall–Kier alpha value is -0.520. The molecule has 108 valence electrons. The van der Waals surface area contributed by atoms with Crippen molar-refractivity contribution < 1.29 is 9.53 Å². The molecule has 0 aromatic carbocycles. The van der Waals surface area contributed by atoms with Crippen molar-refractivity contribution >= 4 is 29.1 Å². The first-order valence-electron chi connectivity index (χ1n) is 6.75. The molecule has 1 aliphatic rings. The monoisotopic (exact) mass is 301 g/mol. The third-order valence-electron chi connectivity index (χ3n) is 2.56. The molecule has 19 heavy (non-hydrogen) atoms. The van der Waals surface area contributed by atoms with E-state index in [1.165, 1.54) is 31.3 Å². The third kappa shape index (κ3) is 5.55. The van der Waals surface area contributed by atoms with Crippen LogP contribution in [-0.4, -0.2) is 31.4 Å². The number of aryl methyl sites for hydroxylation is 1. The van der Waals surface area contributed by atoms with Gasteiger partial charge in [0.1, 0.15) is 4.88 Å². The largest absolute Gasteiger partial charge is 0.465 e. The van der Waals surface area contributed by atoms with Gasteiger partial charge in [-0.15, -0.1) is 23.1 Å². The van der Waals surface area contributed by atoms with Crippen molar-refractivity contribution in [2.45, 2.75) is 44.6 Å². The van der Waals surface area contributed by atoms with Crippen molar-refractivity contribution in [3.05, 3.63) is 15.8 Å². The second kappa shape index (κ2) is 8.61. The normalized spacial score (nSPS) is 13.7. The highest BCUT2D eigenvalue weighted by Crippen LogP contribution is 2.31. The molecule has 0 aliphatic heterocycles. The summed E-state index contributed by atoms with van der Waals surface area (Å²) in [5.41, 5.74) is 0. The van der Waals surface area contributed by atoms with E-state index < -0.39 is 0 Å². The topological polar surface area (TPSA) is 38.3 Å². The second-order valence-corrected chi connectivity index (χ2v) is 6.51. The Bertz CT molecular complexity index is 400. The summed E-state index contributed by atoms with van der Waals surface area (Å²) in [6.45, 7) is 7.02. The molecule has 1 N–H and O–H groups in total. The Morgan fingerprint density at radius 3 is 2.79 bits per heavy atom. The van der Waals surface area contributed by atoms with E-state index >= 15 is 0 Å². The van der Waals surface area contributed by atoms with Crippen LogP contribution in [0.1, 0.15) is 41.2 Å². The van der Waals surface area contributed by atoms with Gasteiger partial charge in [0.25, 0.3) is 0 Å². The molecule has 0 atom stereocenters. The number of nitrogens with one attached hydrogen (secondary N) is 1. The number of hydrogen-bond acceptors (Lipinski definition) is 5. The molecule has 0 spiro atoms. The van der Waals surface area contributed by atoms with Gasteiger partial charge in [-0.1, -0.05) is 13.8 Å². The highest BCUT2D eigenvalue weighted by Gasteiger charge is 2.20. The van der Waals surface area contributed by atoms with E-state index in [0.717, 1.165) is 33.0 Å². The number of carbonyl (C=O) groups excluding carboxylic acids is 1. The van der Waals surface area contributed by atoms with Crippen LogP contribution in [0.15, 0.2) is 11.0 Å². The van der Waals surface area contributed by atoms with Crippen molar-refractivity contribution in [3.63, 3.8) is 0 Å². The number of thioether (sulfide) groups is 1. The zero-order chi connectivity index (χ0) is 14.3. The van der Waals surface area contributed by atoms with E-state index in [2.05, 4.69) is 11.4 Å². The summed E-state index contributed by atoms with van der Waals surface area (Å²) in [6, 6.07) is 2.82. The molecule has 0 bridgehead atoms. The predicted molar refractivity (Wildman–Crippen MR) is 83.5 cm³/mol. The molecule has 1 aromatic rings. The summed E-state index contributed by atoms with van der Waals surface area (Å²) < 4.78 is 4.79. The molecular weight excluding hydrogens is 278 g/mol. The van der Waals surface area contributed by atoms with Gasteiger partial charge in [0.05, 0.1) is 7.11 Å². The third-order valence-corrected chi connectivity index (χ3v) is 4.76. The lowest BCUT2D eigenvalue weighted by Gasteiger charge is -2.03. The maximum atomic E-state index is 11.6. The van der Waals surface area contributed by atoms with Crippen LogP contribution in [0.25, 0.3) is 0 Å². The average Bonchev–Trinajstić information content (AvgIpc) is 3.18. The number of esters is 1. The molecule has 1 aromatic heterocycles. The number of hydrogen-bond donors (Lipinski definition) is 1. The first kappa shape index (κ1) is 16.5. The van der Waals surface area contributed by atoms with E-state index in [1.54, 1.807) is 11.8 Å². The lowest BCUT2D eigenvalue weighted by Crippen LogP contribution is -2.19. The fourth-order valence-electron chi connectivity index (χ4n) is 1.54. The molecule has 0 unspecified atom stereocenters. The van der Waals surface area contributed by atoms with Crippen molar-refractivity contribution in [1.82, 2.24) is 5.32 Å². The summed E-state index contributed by atoms with van der Waals surface area (Å²) in [6.07, 6.45) is 2.63. The first-order valence-corrected chi connectivity index (χ1v) is 8.56. The summed E-state index contributed by atoms with van der Waals surface area (Å²) in [4.78, 5) is 14.5.